The Morgan fingerprint density at radius 3 is 2.08 bits per heavy atom. The average Bonchev–Trinajstić information content (AvgIpc) is 3.43. The Hall–Kier alpha value is -3.36. The highest BCUT2D eigenvalue weighted by atomic mass is 35.5. The molecule has 1 N–H and O–H groups in total. The molecule has 9 heteroatoms. The van der Waals surface area contributed by atoms with E-state index in [-0.39, 0.29) is 18.5 Å². The zero-order valence-corrected chi connectivity index (χ0v) is 23.6. The van der Waals surface area contributed by atoms with Crippen molar-refractivity contribution in [1.29, 1.82) is 0 Å². The molecule has 39 heavy (non-hydrogen) atoms. The van der Waals surface area contributed by atoms with Gasteiger partial charge in [0, 0.05) is 24.0 Å². The normalized spacial score (nSPS) is 14.5. The standard InChI is InChI=1S/C30H34ClN3O4S/c1-39(37,38)34(27-14-6-3-7-15-27)22-29(35)33(21-24-16-18-25(31)19-17-24)28(20-23-10-4-2-5-11-23)30(36)32-26-12-8-9-13-26/h2-7,10-11,14-19,26,28H,8-9,12-13,20-22H2,1H3,(H,32,36)/t28-/m0/s1. The van der Waals surface area contributed by atoms with Crippen molar-refractivity contribution in [3.05, 3.63) is 101 Å². The highest BCUT2D eigenvalue weighted by Gasteiger charge is 2.34. The fourth-order valence-corrected chi connectivity index (χ4v) is 5.89. The largest absolute Gasteiger partial charge is 0.352 e. The van der Waals surface area contributed by atoms with Gasteiger partial charge in [-0.3, -0.25) is 13.9 Å². The number of carbonyl (C=O) groups excluding carboxylic acids is 2. The molecule has 206 valence electrons. The number of benzene rings is 3. The quantitative estimate of drug-likeness (QED) is 0.360. The second-order valence-electron chi connectivity index (χ2n) is 9.95. The first-order chi connectivity index (χ1) is 18.7. The number of sulfonamides is 1. The summed E-state index contributed by atoms with van der Waals surface area (Å²) < 4.78 is 26.6. The lowest BCUT2D eigenvalue weighted by Crippen LogP contribution is -2.54. The first-order valence-electron chi connectivity index (χ1n) is 13.1. The predicted molar refractivity (Wildman–Crippen MR) is 155 cm³/mol. The van der Waals surface area contributed by atoms with Crippen LogP contribution in [0.2, 0.25) is 5.02 Å². The molecule has 1 fully saturated rings. The van der Waals surface area contributed by atoms with E-state index in [1.165, 1.54) is 4.90 Å². The first-order valence-corrected chi connectivity index (χ1v) is 15.3. The van der Waals surface area contributed by atoms with Crippen LogP contribution in [0.5, 0.6) is 0 Å². The van der Waals surface area contributed by atoms with Crippen molar-refractivity contribution in [3.63, 3.8) is 0 Å². The number of rotatable bonds is 11. The van der Waals surface area contributed by atoms with Gasteiger partial charge in [-0.1, -0.05) is 85.1 Å². The van der Waals surface area contributed by atoms with Crippen molar-refractivity contribution in [2.75, 3.05) is 17.1 Å². The minimum atomic E-state index is -3.78. The molecule has 1 saturated carbocycles. The van der Waals surface area contributed by atoms with E-state index in [1.54, 1.807) is 42.5 Å². The summed E-state index contributed by atoms with van der Waals surface area (Å²) in [6.45, 7) is -0.309. The molecule has 0 bridgehead atoms. The minimum Gasteiger partial charge on any atom is -0.352 e. The molecule has 7 nitrogen and oxygen atoms in total. The number of anilines is 1. The lowest BCUT2D eigenvalue weighted by Gasteiger charge is -2.34. The summed E-state index contributed by atoms with van der Waals surface area (Å²) in [4.78, 5) is 29.3. The predicted octanol–water partition coefficient (Wildman–Crippen LogP) is 4.80. The van der Waals surface area contributed by atoms with Crippen LogP contribution in [0.15, 0.2) is 84.9 Å². The Bertz CT molecular complexity index is 1350. The smallest absolute Gasteiger partial charge is 0.244 e. The van der Waals surface area contributed by atoms with Crippen LogP contribution >= 0.6 is 11.6 Å². The van der Waals surface area contributed by atoms with Gasteiger partial charge >= 0.3 is 0 Å². The Labute approximate surface area is 235 Å². The third-order valence-corrected chi connectivity index (χ3v) is 8.35. The monoisotopic (exact) mass is 567 g/mol. The van der Waals surface area contributed by atoms with Gasteiger partial charge in [0.1, 0.15) is 12.6 Å². The fraction of sp³-hybridized carbons (Fsp3) is 0.333. The summed E-state index contributed by atoms with van der Waals surface area (Å²) in [5.74, 6) is -0.708. The van der Waals surface area contributed by atoms with Crippen LogP contribution in [-0.2, 0) is 32.6 Å². The SMILES string of the molecule is CS(=O)(=O)N(CC(=O)N(Cc1ccc(Cl)cc1)[C@@H](Cc1ccccc1)C(=O)NC1CCCC1)c1ccccc1. The maximum Gasteiger partial charge on any atom is 0.244 e. The number of para-hydroxylation sites is 1. The Balaban J connectivity index is 1.70. The van der Waals surface area contributed by atoms with Crippen LogP contribution in [-0.4, -0.2) is 50.0 Å². The van der Waals surface area contributed by atoms with Crippen molar-refractivity contribution in [3.8, 4) is 0 Å². The van der Waals surface area contributed by atoms with Crippen molar-refractivity contribution in [2.24, 2.45) is 0 Å². The van der Waals surface area contributed by atoms with Crippen molar-refractivity contribution >= 4 is 39.1 Å². The van der Waals surface area contributed by atoms with Crippen LogP contribution in [0.4, 0.5) is 5.69 Å². The molecule has 0 unspecified atom stereocenters. The van der Waals surface area contributed by atoms with E-state index in [0.717, 1.165) is 47.4 Å². The molecule has 1 atom stereocenters. The molecular formula is C30H34ClN3O4S. The highest BCUT2D eigenvalue weighted by molar-refractivity contribution is 7.92. The summed E-state index contributed by atoms with van der Waals surface area (Å²) >= 11 is 6.10. The molecule has 1 aliphatic rings. The summed E-state index contributed by atoms with van der Waals surface area (Å²) in [5, 5.41) is 3.72. The molecule has 0 spiro atoms. The van der Waals surface area contributed by atoms with Crippen molar-refractivity contribution in [2.45, 2.75) is 50.7 Å². The van der Waals surface area contributed by atoms with Gasteiger partial charge < -0.3 is 10.2 Å². The van der Waals surface area contributed by atoms with E-state index in [1.807, 2.05) is 42.5 Å². The topological polar surface area (TPSA) is 86.8 Å². The molecule has 4 rings (SSSR count). The molecule has 3 aromatic carbocycles. The summed E-state index contributed by atoms with van der Waals surface area (Å²) in [7, 11) is -3.78. The Morgan fingerprint density at radius 2 is 1.49 bits per heavy atom. The molecule has 2 amide bonds. The van der Waals surface area contributed by atoms with E-state index in [9.17, 15) is 18.0 Å². The maximum absolute atomic E-state index is 14.0. The third-order valence-electron chi connectivity index (χ3n) is 6.96. The molecule has 0 aliphatic heterocycles. The second kappa shape index (κ2) is 13.1. The Morgan fingerprint density at radius 1 is 0.897 bits per heavy atom. The fourth-order valence-electron chi connectivity index (χ4n) is 4.92. The molecule has 3 aromatic rings. The number of amides is 2. The van der Waals surface area contributed by atoms with Crippen LogP contribution in [0.1, 0.15) is 36.8 Å². The molecule has 0 radical (unpaired) electrons. The first kappa shape index (κ1) is 28.6. The molecule has 1 aliphatic carbocycles. The minimum absolute atomic E-state index is 0.0695. The lowest BCUT2D eigenvalue weighted by molar-refractivity contribution is -0.140. The van der Waals surface area contributed by atoms with Gasteiger partial charge in [0.25, 0.3) is 0 Å². The van der Waals surface area contributed by atoms with Gasteiger partial charge in [-0.2, -0.15) is 0 Å². The molecule has 0 heterocycles. The van der Waals surface area contributed by atoms with E-state index >= 15 is 0 Å². The van der Waals surface area contributed by atoms with Crippen LogP contribution in [0, 0.1) is 0 Å². The van der Waals surface area contributed by atoms with Gasteiger partial charge in [0.05, 0.1) is 11.9 Å². The number of hydrogen-bond acceptors (Lipinski definition) is 4. The number of carbonyl (C=O) groups is 2. The van der Waals surface area contributed by atoms with E-state index in [0.29, 0.717) is 17.1 Å². The van der Waals surface area contributed by atoms with Crippen LogP contribution < -0.4 is 9.62 Å². The summed E-state index contributed by atoms with van der Waals surface area (Å²) in [5.41, 5.74) is 2.07. The second-order valence-corrected chi connectivity index (χ2v) is 12.3. The zero-order chi connectivity index (χ0) is 27.8. The number of hydrogen-bond donors (Lipinski definition) is 1. The molecular weight excluding hydrogens is 534 g/mol. The van der Waals surface area contributed by atoms with Gasteiger partial charge in [0.2, 0.25) is 21.8 Å². The van der Waals surface area contributed by atoms with Gasteiger partial charge in [-0.25, -0.2) is 8.42 Å². The number of nitrogens with zero attached hydrogens (tertiary/aromatic N) is 2. The van der Waals surface area contributed by atoms with Crippen LogP contribution in [0.3, 0.4) is 0 Å². The average molecular weight is 568 g/mol. The van der Waals surface area contributed by atoms with Crippen molar-refractivity contribution < 1.29 is 18.0 Å². The van der Waals surface area contributed by atoms with Gasteiger partial charge in [-0.15, -0.1) is 0 Å². The summed E-state index contributed by atoms with van der Waals surface area (Å²) in [6, 6.07) is 24.4. The van der Waals surface area contributed by atoms with E-state index < -0.39 is 28.5 Å². The number of nitrogens with one attached hydrogen (secondary N) is 1. The highest BCUT2D eigenvalue weighted by Crippen LogP contribution is 2.22. The lowest BCUT2D eigenvalue weighted by atomic mass is 10.0. The zero-order valence-electron chi connectivity index (χ0n) is 22.0. The number of halogens is 1. The van der Waals surface area contributed by atoms with E-state index in [4.69, 9.17) is 11.6 Å². The third kappa shape index (κ3) is 8.07. The molecule has 0 saturated heterocycles. The van der Waals surface area contributed by atoms with Crippen molar-refractivity contribution in [1.82, 2.24) is 10.2 Å². The Kier molecular flexibility index (Phi) is 9.64. The van der Waals surface area contributed by atoms with Gasteiger partial charge in [-0.05, 0) is 48.2 Å². The van der Waals surface area contributed by atoms with Crippen LogP contribution in [0.25, 0.3) is 0 Å². The van der Waals surface area contributed by atoms with Gasteiger partial charge in [0.15, 0.2) is 0 Å². The van der Waals surface area contributed by atoms with E-state index in [2.05, 4.69) is 5.32 Å². The summed E-state index contributed by atoms with van der Waals surface area (Å²) in [6.07, 6.45) is 5.30. The molecule has 0 aromatic heterocycles. The maximum atomic E-state index is 14.0.